The second kappa shape index (κ2) is 11.8. The Bertz CT molecular complexity index is 1190. The fraction of sp³-hybridized carbons (Fsp3) is 0.208. The first kappa shape index (κ1) is 25.4. The Kier molecular flexibility index (Phi) is 9.09. The maximum absolute atomic E-state index is 12.4. The van der Waals surface area contributed by atoms with Crippen LogP contribution in [-0.4, -0.2) is 32.9 Å². The number of nitrogens with zero attached hydrogens (tertiary/aromatic N) is 1. The average molecular weight is 524 g/mol. The highest BCUT2D eigenvalue weighted by atomic mass is 35.5. The molecule has 1 N–H and O–H groups in total. The van der Waals surface area contributed by atoms with Crippen molar-refractivity contribution < 1.29 is 13.2 Å². The van der Waals surface area contributed by atoms with E-state index in [-0.39, 0.29) is 12.5 Å². The van der Waals surface area contributed by atoms with Gasteiger partial charge in [0.25, 0.3) is 5.91 Å². The van der Waals surface area contributed by atoms with Crippen molar-refractivity contribution in [3.8, 4) is 0 Å². The van der Waals surface area contributed by atoms with Crippen molar-refractivity contribution >= 4 is 56.6 Å². The quantitative estimate of drug-likeness (QED) is 0.350. The molecule has 0 radical (unpaired) electrons. The first-order valence-electron chi connectivity index (χ1n) is 10.2. The van der Waals surface area contributed by atoms with Gasteiger partial charge in [0.15, 0.2) is 0 Å². The molecule has 0 fully saturated rings. The Morgan fingerprint density at radius 1 is 1.00 bits per heavy atom. The second-order valence-electron chi connectivity index (χ2n) is 7.35. The van der Waals surface area contributed by atoms with E-state index in [2.05, 4.69) is 5.32 Å². The largest absolute Gasteiger partial charge is 0.351 e. The molecule has 0 aromatic heterocycles. The molecule has 0 atom stereocenters. The van der Waals surface area contributed by atoms with Crippen molar-refractivity contribution in [2.75, 3.05) is 22.9 Å². The lowest BCUT2D eigenvalue weighted by Gasteiger charge is -2.22. The normalized spacial score (nSPS) is 11.2. The SMILES string of the molecule is CS(=O)(=O)N(Cc1ccc(C(=O)NCCSCc2ccc(Cl)cc2Cl)cc1)c1ccccc1. The van der Waals surface area contributed by atoms with E-state index in [0.717, 1.165) is 22.6 Å². The van der Waals surface area contributed by atoms with E-state index in [1.807, 2.05) is 18.2 Å². The molecule has 0 bridgehead atoms. The lowest BCUT2D eigenvalue weighted by molar-refractivity contribution is 0.0956. The highest BCUT2D eigenvalue weighted by Crippen LogP contribution is 2.24. The fourth-order valence-corrected chi connectivity index (χ4v) is 5.39. The van der Waals surface area contributed by atoms with E-state index in [9.17, 15) is 13.2 Å². The number of hydrogen-bond donors (Lipinski definition) is 1. The topological polar surface area (TPSA) is 66.5 Å². The number of sulfonamides is 1. The summed E-state index contributed by atoms with van der Waals surface area (Å²) in [6, 6.07) is 21.3. The van der Waals surface area contributed by atoms with Crippen LogP contribution in [0.3, 0.4) is 0 Å². The molecule has 174 valence electrons. The summed E-state index contributed by atoms with van der Waals surface area (Å²) in [7, 11) is -3.45. The van der Waals surface area contributed by atoms with Crippen LogP contribution in [0.5, 0.6) is 0 Å². The number of carbonyl (C=O) groups is 1. The van der Waals surface area contributed by atoms with Crippen molar-refractivity contribution in [3.05, 3.63) is 99.5 Å². The van der Waals surface area contributed by atoms with Crippen molar-refractivity contribution in [2.24, 2.45) is 0 Å². The third-order valence-electron chi connectivity index (χ3n) is 4.79. The number of para-hydroxylation sites is 1. The lowest BCUT2D eigenvalue weighted by Crippen LogP contribution is -2.29. The third-order valence-corrected chi connectivity index (χ3v) is 7.53. The Labute approximate surface area is 209 Å². The summed E-state index contributed by atoms with van der Waals surface area (Å²) in [6.07, 6.45) is 1.18. The van der Waals surface area contributed by atoms with Crippen LogP contribution in [0, 0.1) is 0 Å². The van der Waals surface area contributed by atoms with Gasteiger partial charge in [-0.05, 0) is 47.5 Å². The molecule has 9 heteroatoms. The molecule has 3 aromatic rings. The van der Waals surface area contributed by atoms with E-state index >= 15 is 0 Å². The summed E-state index contributed by atoms with van der Waals surface area (Å²) in [6.45, 7) is 0.709. The third kappa shape index (κ3) is 7.67. The summed E-state index contributed by atoms with van der Waals surface area (Å²) in [5.41, 5.74) is 2.91. The molecule has 0 saturated heterocycles. The van der Waals surface area contributed by atoms with Crippen molar-refractivity contribution in [1.29, 1.82) is 0 Å². The number of hydrogen-bond acceptors (Lipinski definition) is 4. The van der Waals surface area contributed by atoms with E-state index in [0.29, 0.717) is 27.8 Å². The molecule has 0 aliphatic heterocycles. The number of thioether (sulfide) groups is 1. The van der Waals surface area contributed by atoms with E-state index in [1.165, 1.54) is 10.6 Å². The molecule has 3 aromatic carbocycles. The number of amides is 1. The molecule has 1 amide bonds. The number of rotatable bonds is 10. The molecule has 0 aliphatic carbocycles. The molecule has 0 heterocycles. The van der Waals surface area contributed by atoms with Crippen LogP contribution in [-0.2, 0) is 22.3 Å². The highest BCUT2D eigenvalue weighted by molar-refractivity contribution is 7.98. The standard InChI is InChI=1S/C24H24Cl2N2O3S2/c1-33(30,31)28(22-5-3-2-4-6-22)16-18-7-9-19(10-8-18)24(29)27-13-14-32-17-20-11-12-21(25)15-23(20)26/h2-12,15H,13-14,16-17H2,1H3,(H,27,29). The Balaban J connectivity index is 1.50. The summed E-state index contributed by atoms with van der Waals surface area (Å²) in [5.74, 6) is 1.30. The van der Waals surface area contributed by atoms with Gasteiger partial charge in [0.05, 0.1) is 18.5 Å². The van der Waals surface area contributed by atoms with E-state index < -0.39 is 10.0 Å². The number of benzene rings is 3. The van der Waals surface area contributed by atoms with Gasteiger partial charge in [0.2, 0.25) is 10.0 Å². The minimum atomic E-state index is -3.45. The molecular formula is C24H24Cl2N2O3S2. The number of halogens is 2. The summed E-state index contributed by atoms with van der Waals surface area (Å²) in [4.78, 5) is 12.4. The molecular weight excluding hydrogens is 499 g/mol. The number of anilines is 1. The minimum Gasteiger partial charge on any atom is -0.351 e. The van der Waals surface area contributed by atoms with Gasteiger partial charge in [-0.1, -0.05) is 59.6 Å². The maximum Gasteiger partial charge on any atom is 0.251 e. The van der Waals surface area contributed by atoms with Gasteiger partial charge in [-0.15, -0.1) is 0 Å². The molecule has 0 aliphatic rings. The van der Waals surface area contributed by atoms with Gasteiger partial charge in [-0.25, -0.2) is 8.42 Å². The molecule has 5 nitrogen and oxygen atoms in total. The molecule has 0 unspecified atom stereocenters. The zero-order valence-corrected chi connectivity index (χ0v) is 21.1. The van der Waals surface area contributed by atoms with Gasteiger partial charge in [-0.3, -0.25) is 9.10 Å². The molecule has 3 rings (SSSR count). The maximum atomic E-state index is 12.4. The first-order chi connectivity index (χ1) is 15.7. The minimum absolute atomic E-state index is 0.172. The molecule has 33 heavy (non-hydrogen) atoms. The van der Waals surface area contributed by atoms with Gasteiger partial charge in [0, 0.05) is 33.7 Å². The van der Waals surface area contributed by atoms with Crippen LogP contribution in [0.4, 0.5) is 5.69 Å². The molecule has 0 saturated carbocycles. The smallest absolute Gasteiger partial charge is 0.251 e. The number of nitrogens with one attached hydrogen (secondary N) is 1. The Morgan fingerprint density at radius 3 is 2.33 bits per heavy atom. The van der Waals surface area contributed by atoms with Gasteiger partial charge < -0.3 is 5.32 Å². The van der Waals surface area contributed by atoms with Gasteiger partial charge >= 0.3 is 0 Å². The predicted octanol–water partition coefficient (Wildman–Crippen LogP) is 5.62. The molecule has 0 spiro atoms. The predicted molar refractivity (Wildman–Crippen MR) is 139 cm³/mol. The summed E-state index contributed by atoms with van der Waals surface area (Å²) in [5, 5.41) is 4.15. The van der Waals surface area contributed by atoms with Gasteiger partial charge in [-0.2, -0.15) is 11.8 Å². The average Bonchev–Trinajstić information content (AvgIpc) is 2.78. The highest BCUT2D eigenvalue weighted by Gasteiger charge is 2.17. The fourth-order valence-electron chi connectivity index (χ4n) is 3.08. The van der Waals surface area contributed by atoms with Crippen LogP contribution in [0.2, 0.25) is 10.0 Å². The Hall–Kier alpha value is -2.19. The Morgan fingerprint density at radius 2 is 1.70 bits per heavy atom. The summed E-state index contributed by atoms with van der Waals surface area (Å²) < 4.78 is 25.8. The van der Waals surface area contributed by atoms with Crippen LogP contribution < -0.4 is 9.62 Å². The zero-order chi connectivity index (χ0) is 23.8. The first-order valence-corrected chi connectivity index (χ1v) is 13.9. The van der Waals surface area contributed by atoms with Crippen LogP contribution in [0.25, 0.3) is 0 Å². The van der Waals surface area contributed by atoms with Crippen molar-refractivity contribution in [3.63, 3.8) is 0 Å². The van der Waals surface area contributed by atoms with Crippen LogP contribution in [0.15, 0.2) is 72.8 Å². The zero-order valence-electron chi connectivity index (χ0n) is 18.0. The van der Waals surface area contributed by atoms with Crippen molar-refractivity contribution in [2.45, 2.75) is 12.3 Å². The summed E-state index contributed by atoms with van der Waals surface area (Å²) >= 11 is 13.7. The van der Waals surface area contributed by atoms with Gasteiger partial charge in [0.1, 0.15) is 0 Å². The van der Waals surface area contributed by atoms with Crippen LogP contribution >= 0.6 is 35.0 Å². The van der Waals surface area contributed by atoms with E-state index in [4.69, 9.17) is 23.2 Å². The lowest BCUT2D eigenvalue weighted by atomic mass is 10.1. The van der Waals surface area contributed by atoms with E-state index in [1.54, 1.807) is 66.4 Å². The van der Waals surface area contributed by atoms with Crippen LogP contribution in [0.1, 0.15) is 21.5 Å². The monoisotopic (exact) mass is 522 g/mol. The van der Waals surface area contributed by atoms with Crippen molar-refractivity contribution in [1.82, 2.24) is 5.32 Å². The second-order valence-corrected chi connectivity index (χ2v) is 11.2. The number of carbonyl (C=O) groups excluding carboxylic acids is 1.